The van der Waals surface area contributed by atoms with Crippen molar-refractivity contribution < 1.29 is 14.3 Å². The van der Waals surface area contributed by atoms with Crippen LogP contribution in [0.4, 0.5) is 11.4 Å². The van der Waals surface area contributed by atoms with Gasteiger partial charge < -0.3 is 15.4 Å². The number of amidine groups is 1. The molecule has 1 aliphatic rings. The maximum Gasteiger partial charge on any atom is 0.343 e. The minimum Gasteiger partial charge on any atom is -0.462 e. The Balaban J connectivity index is 1.64. The van der Waals surface area contributed by atoms with Crippen molar-refractivity contribution in [2.75, 3.05) is 11.9 Å². The van der Waals surface area contributed by atoms with Gasteiger partial charge >= 0.3 is 5.97 Å². The second-order valence-corrected chi connectivity index (χ2v) is 7.33. The van der Waals surface area contributed by atoms with Crippen molar-refractivity contribution in [1.82, 2.24) is 24.9 Å². The van der Waals surface area contributed by atoms with Gasteiger partial charge in [-0.15, -0.1) is 5.10 Å². The predicted octanol–water partition coefficient (Wildman–Crippen LogP) is 2.39. The highest BCUT2D eigenvalue weighted by Gasteiger charge is 2.26. The molecule has 0 atom stereocenters. The minimum atomic E-state index is -0.578. The van der Waals surface area contributed by atoms with Gasteiger partial charge in [0.15, 0.2) is 5.82 Å². The average Bonchev–Trinajstić information content (AvgIpc) is 3.05. The Kier molecular flexibility index (Phi) is 5.67. The minimum absolute atomic E-state index is 0.106. The molecule has 10 nitrogen and oxygen atoms in total. The molecule has 0 radical (unpaired) electrons. The lowest BCUT2D eigenvalue weighted by atomic mass is 10.2. The number of esters is 1. The van der Waals surface area contributed by atoms with Gasteiger partial charge in [0.1, 0.15) is 11.4 Å². The third kappa shape index (κ3) is 4.20. The molecule has 2 N–H and O–H groups in total. The van der Waals surface area contributed by atoms with Gasteiger partial charge in [-0.25, -0.2) is 19.3 Å². The van der Waals surface area contributed by atoms with Crippen molar-refractivity contribution in [1.29, 1.82) is 0 Å². The smallest absolute Gasteiger partial charge is 0.343 e. The van der Waals surface area contributed by atoms with Crippen LogP contribution < -0.4 is 10.6 Å². The van der Waals surface area contributed by atoms with E-state index in [1.165, 1.54) is 0 Å². The molecule has 0 saturated heterocycles. The first kappa shape index (κ1) is 21.2. The zero-order valence-corrected chi connectivity index (χ0v) is 18.3. The summed E-state index contributed by atoms with van der Waals surface area (Å²) in [5.74, 6) is -0.140. The third-order valence-electron chi connectivity index (χ3n) is 4.79. The molecule has 0 fully saturated rings. The van der Waals surface area contributed by atoms with E-state index in [-0.39, 0.29) is 24.4 Å². The number of nitrogens with zero attached hydrogens (tertiary/aromatic N) is 5. The lowest BCUT2D eigenvalue weighted by molar-refractivity contribution is -0.137. The van der Waals surface area contributed by atoms with Crippen molar-refractivity contribution in [3.8, 4) is 0 Å². The third-order valence-corrected chi connectivity index (χ3v) is 4.79. The van der Waals surface area contributed by atoms with Crippen molar-refractivity contribution in [3.05, 3.63) is 58.8 Å². The molecule has 0 saturated carbocycles. The van der Waals surface area contributed by atoms with Gasteiger partial charge in [0.2, 0.25) is 5.91 Å². The highest BCUT2D eigenvalue weighted by molar-refractivity contribution is 6.24. The first-order valence-corrected chi connectivity index (χ1v) is 10.2. The summed E-state index contributed by atoms with van der Waals surface area (Å²) in [5.41, 5.74) is 3.67. The lowest BCUT2D eigenvalue weighted by Gasteiger charge is -2.13. The highest BCUT2D eigenvalue weighted by Crippen LogP contribution is 2.30. The fraction of sp³-hybridized carbons (Fsp3) is 0.273. The largest absolute Gasteiger partial charge is 0.462 e. The first-order valence-electron chi connectivity index (χ1n) is 10.2. The van der Waals surface area contributed by atoms with Crippen LogP contribution in [0, 0.1) is 13.8 Å². The van der Waals surface area contributed by atoms with E-state index in [1.54, 1.807) is 24.4 Å². The van der Waals surface area contributed by atoms with E-state index < -0.39 is 11.9 Å². The van der Waals surface area contributed by atoms with Crippen LogP contribution in [0.1, 0.15) is 31.1 Å². The number of rotatable bonds is 4. The molecule has 32 heavy (non-hydrogen) atoms. The maximum absolute atomic E-state index is 12.9. The van der Waals surface area contributed by atoms with Crippen molar-refractivity contribution in [2.24, 2.45) is 4.99 Å². The Bertz CT molecular complexity index is 1290. The number of hydrogen-bond acceptors (Lipinski definition) is 8. The van der Waals surface area contributed by atoms with Gasteiger partial charge in [-0.2, -0.15) is 4.98 Å². The van der Waals surface area contributed by atoms with E-state index in [0.717, 1.165) is 17.1 Å². The number of aromatic nitrogens is 4. The average molecular weight is 433 g/mol. The summed E-state index contributed by atoms with van der Waals surface area (Å²) in [5, 5.41) is 10.3. The van der Waals surface area contributed by atoms with Gasteiger partial charge in [0, 0.05) is 17.1 Å². The molecular weight excluding hydrogens is 410 g/mol. The van der Waals surface area contributed by atoms with Gasteiger partial charge in [0.25, 0.3) is 5.78 Å². The number of anilines is 1. The number of carbonyl (C=O) groups is 2. The molecule has 164 valence electrons. The maximum atomic E-state index is 12.9. The van der Waals surface area contributed by atoms with E-state index in [1.807, 2.05) is 38.1 Å². The number of allylic oxidation sites excluding steroid dienone is 1. The van der Waals surface area contributed by atoms with Crippen LogP contribution in [0.2, 0.25) is 0 Å². The van der Waals surface area contributed by atoms with Crippen LogP contribution in [0.25, 0.3) is 5.78 Å². The summed E-state index contributed by atoms with van der Waals surface area (Å²) in [6, 6.07) is 9.20. The van der Waals surface area contributed by atoms with Crippen LogP contribution in [0.5, 0.6) is 0 Å². The van der Waals surface area contributed by atoms with Crippen LogP contribution in [0.15, 0.2) is 46.6 Å². The van der Waals surface area contributed by atoms with Crippen LogP contribution in [-0.2, 0) is 20.7 Å². The monoisotopic (exact) mass is 433 g/mol. The number of aryl methyl sites for hydroxylation is 2. The van der Waals surface area contributed by atoms with Gasteiger partial charge in [-0.1, -0.05) is 12.1 Å². The Labute approximate surface area is 184 Å². The van der Waals surface area contributed by atoms with E-state index in [0.29, 0.717) is 23.0 Å². The van der Waals surface area contributed by atoms with E-state index in [4.69, 9.17) is 4.74 Å². The predicted molar refractivity (Wildman–Crippen MR) is 119 cm³/mol. The fourth-order valence-electron chi connectivity index (χ4n) is 3.44. The SMILES string of the molecule is CCOC(=O)C1=C(C)Nc2ccccc2N=C1NC(=O)Cc1nc2nc(C)cc(C)n2n1. The lowest BCUT2D eigenvalue weighted by Crippen LogP contribution is -2.36. The van der Waals surface area contributed by atoms with Crippen molar-refractivity contribution in [3.63, 3.8) is 0 Å². The Morgan fingerprint density at radius 1 is 1.16 bits per heavy atom. The molecule has 1 amide bonds. The van der Waals surface area contributed by atoms with Gasteiger partial charge in [-0.05, 0) is 45.9 Å². The molecule has 2 aromatic heterocycles. The molecule has 1 aliphatic heterocycles. The number of nitrogens with one attached hydrogen (secondary N) is 2. The summed E-state index contributed by atoms with van der Waals surface area (Å²) >= 11 is 0. The molecule has 1 aromatic carbocycles. The number of para-hydroxylation sites is 2. The van der Waals surface area contributed by atoms with E-state index in [2.05, 4.69) is 30.7 Å². The molecule has 3 aromatic rings. The summed E-state index contributed by atoms with van der Waals surface area (Å²) in [4.78, 5) is 38.7. The molecule has 0 spiro atoms. The Morgan fingerprint density at radius 2 is 1.94 bits per heavy atom. The summed E-state index contributed by atoms with van der Waals surface area (Å²) in [6.07, 6.45) is -0.106. The van der Waals surface area contributed by atoms with E-state index >= 15 is 0 Å². The molecule has 0 unspecified atom stereocenters. The molecule has 0 aliphatic carbocycles. The number of carbonyl (C=O) groups excluding carboxylic acids is 2. The number of amides is 1. The number of ether oxygens (including phenoxy) is 1. The topological polar surface area (TPSA) is 123 Å². The molecule has 4 rings (SSSR count). The highest BCUT2D eigenvalue weighted by atomic mass is 16.5. The standard InChI is InChI=1S/C22H23N7O3/c1-5-32-21(31)19-14(4)24-15-8-6-7-9-16(15)25-20(19)27-18(30)11-17-26-22-23-12(2)10-13(3)29(22)28-17/h6-10,24H,5,11H2,1-4H3,(H,25,27,30). The Morgan fingerprint density at radius 3 is 2.72 bits per heavy atom. The molecule has 10 heteroatoms. The molecular formula is C22H23N7O3. The second kappa shape index (κ2) is 8.58. The Hall–Kier alpha value is -4.08. The molecule has 0 bridgehead atoms. The fourth-order valence-corrected chi connectivity index (χ4v) is 3.44. The van der Waals surface area contributed by atoms with Gasteiger partial charge in [-0.3, -0.25) is 4.79 Å². The number of hydrogen-bond donors (Lipinski definition) is 2. The summed E-state index contributed by atoms with van der Waals surface area (Å²) < 4.78 is 6.79. The number of fused-ring (bicyclic) bond motifs is 2. The zero-order chi connectivity index (χ0) is 22.8. The summed E-state index contributed by atoms with van der Waals surface area (Å²) in [7, 11) is 0. The normalized spacial score (nSPS) is 13.2. The van der Waals surface area contributed by atoms with Crippen LogP contribution in [-0.4, -0.2) is 43.9 Å². The van der Waals surface area contributed by atoms with Crippen LogP contribution >= 0.6 is 0 Å². The van der Waals surface area contributed by atoms with Crippen molar-refractivity contribution >= 4 is 34.9 Å². The summed E-state index contributed by atoms with van der Waals surface area (Å²) in [6.45, 7) is 7.41. The molecule has 3 heterocycles. The van der Waals surface area contributed by atoms with Gasteiger partial charge in [0.05, 0.1) is 24.4 Å². The van der Waals surface area contributed by atoms with Crippen LogP contribution in [0.3, 0.4) is 0 Å². The second-order valence-electron chi connectivity index (χ2n) is 7.33. The van der Waals surface area contributed by atoms with Crippen molar-refractivity contribution in [2.45, 2.75) is 34.1 Å². The van der Waals surface area contributed by atoms with E-state index in [9.17, 15) is 9.59 Å². The zero-order valence-electron chi connectivity index (χ0n) is 18.3. The number of aliphatic imine (C=N–C) groups is 1. The number of benzene rings is 1. The quantitative estimate of drug-likeness (QED) is 0.606. The first-order chi connectivity index (χ1) is 15.4.